The number of nitrogens with two attached hydrogens (primary N) is 1. The maximum atomic E-state index is 5.52. The van der Waals surface area contributed by atoms with Crippen molar-refractivity contribution in [3.63, 3.8) is 0 Å². The van der Waals surface area contributed by atoms with Crippen molar-refractivity contribution in [3.05, 3.63) is 29.8 Å². The van der Waals surface area contributed by atoms with Gasteiger partial charge in [-0.3, -0.25) is 10.9 Å². The van der Waals surface area contributed by atoms with Gasteiger partial charge in [0.2, 0.25) is 0 Å². The van der Waals surface area contributed by atoms with Crippen LogP contribution in [0.15, 0.2) is 24.3 Å². The number of benzene rings is 1. The Hall–Kier alpha value is -0.580. The number of hydrazine groups is 1. The molecule has 0 saturated carbocycles. The number of nitrogen functional groups attached to an aromatic ring is 1. The molecule has 0 spiro atoms. The molecule has 4 N–H and O–H groups in total. The maximum absolute atomic E-state index is 5.52. The number of hydrogen-bond donors (Lipinski definition) is 3. The van der Waals surface area contributed by atoms with Crippen molar-refractivity contribution in [2.45, 2.75) is 6.54 Å². The fourth-order valence-electron chi connectivity index (χ4n) is 0.826. The Labute approximate surface area is 83.1 Å². The lowest BCUT2D eigenvalue weighted by Crippen LogP contribution is -2.26. The van der Waals surface area contributed by atoms with Crippen LogP contribution in [-0.2, 0) is 6.54 Å². The molecule has 0 bridgehead atoms. The van der Waals surface area contributed by atoms with Gasteiger partial charge in [-0.25, -0.2) is 0 Å². The minimum absolute atomic E-state index is 0. The molecule has 0 aliphatic carbocycles. The number of halogens is 1. The maximum Gasteiger partial charge on any atom is 0.0351 e. The second-order valence-electron chi connectivity index (χ2n) is 2.35. The zero-order valence-electron chi connectivity index (χ0n) is 7.00. The average Bonchev–Trinajstić information content (AvgIpc) is 2.04. The standard InChI is InChI=1S/C8H13N3.BrH/c1-10-11-6-7-2-4-8(9)5-3-7;/h2-5,10-11H,6,9H2,1H3;1H. The highest BCUT2D eigenvalue weighted by Crippen LogP contribution is 2.04. The highest BCUT2D eigenvalue weighted by atomic mass is 79.9. The molecule has 3 nitrogen and oxygen atoms in total. The van der Waals surface area contributed by atoms with Crippen LogP contribution in [0, 0.1) is 0 Å². The van der Waals surface area contributed by atoms with Crippen LogP contribution in [0.5, 0.6) is 0 Å². The van der Waals surface area contributed by atoms with Crippen LogP contribution in [0.25, 0.3) is 0 Å². The molecular formula is C8H14BrN3. The van der Waals surface area contributed by atoms with Crippen LogP contribution in [0.1, 0.15) is 5.56 Å². The van der Waals surface area contributed by atoms with Gasteiger partial charge in [-0.2, -0.15) is 0 Å². The number of nitrogens with one attached hydrogen (secondary N) is 2. The Kier molecular flexibility index (Phi) is 5.70. The third kappa shape index (κ3) is 3.71. The molecule has 0 atom stereocenters. The molecule has 0 unspecified atom stereocenters. The summed E-state index contributed by atoms with van der Waals surface area (Å²) in [6.07, 6.45) is 0. The van der Waals surface area contributed by atoms with Gasteiger partial charge in [0, 0.05) is 12.2 Å². The summed E-state index contributed by atoms with van der Waals surface area (Å²) < 4.78 is 0. The fraction of sp³-hybridized carbons (Fsp3) is 0.250. The van der Waals surface area contributed by atoms with E-state index in [-0.39, 0.29) is 17.0 Å². The first-order valence-corrected chi connectivity index (χ1v) is 3.57. The van der Waals surface area contributed by atoms with Crippen molar-refractivity contribution < 1.29 is 0 Å². The first-order valence-electron chi connectivity index (χ1n) is 3.57. The molecular weight excluding hydrogens is 218 g/mol. The lowest BCUT2D eigenvalue weighted by molar-refractivity contribution is 0.596. The largest absolute Gasteiger partial charge is 0.399 e. The van der Waals surface area contributed by atoms with Gasteiger partial charge in [0.05, 0.1) is 0 Å². The summed E-state index contributed by atoms with van der Waals surface area (Å²) in [5.74, 6) is 0. The van der Waals surface area contributed by atoms with Gasteiger partial charge in [0.1, 0.15) is 0 Å². The van der Waals surface area contributed by atoms with Crippen LogP contribution in [0.2, 0.25) is 0 Å². The third-order valence-corrected chi connectivity index (χ3v) is 1.45. The molecule has 0 heterocycles. The molecule has 0 saturated heterocycles. The highest BCUT2D eigenvalue weighted by molar-refractivity contribution is 8.93. The molecule has 0 aromatic heterocycles. The van der Waals surface area contributed by atoms with Gasteiger partial charge in [-0.05, 0) is 24.7 Å². The molecule has 68 valence electrons. The van der Waals surface area contributed by atoms with Crippen LogP contribution >= 0.6 is 17.0 Å². The minimum atomic E-state index is 0. The molecule has 0 fully saturated rings. The van der Waals surface area contributed by atoms with E-state index in [1.165, 1.54) is 5.56 Å². The lowest BCUT2D eigenvalue weighted by atomic mass is 10.2. The highest BCUT2D eigenvalue weighted by Gasteiger charge is 1.89. The Morgan fingerprint density at radius 3 is 2.33 bits per heavy atom. The van der Waals surface area contributed by atoms with Gasteiger partial charge < -0.3 is 5.73 Å². The van der Waals surface area contributed by atoms with E-state index in [9.17, 15) is 0 Å². The SMILES string of the molecule is Br.CNNCc1ccc(N)cc1. The molecule has 0 aliphatic rings. The van der Waals surface area contributed by atoms with E-state index >= 15 is 0 Å². The summed E-state index contributed by atoms with van der Waals surface area (Å²) in [6, 6.07) is 7.79. The monoisotopic (exact) mass is 231 g/mol. The van der Waals surface area contributed by atoms with Gasteiger partial charge in [0.25, 0.3) is 0 Å². The molecule has 0 aliphatic heterocycles. The smallest absolute Gasteiger partial charge is 0.0351 e. The summed E-state index contributed by atoms with van der Waals surface area (Å²) in [5.41, 5.74) is 13.4. The molecule has 1 aromatic rings. The molecule has 12 heavy (non-hydrogen) atoms. The van der Waals surface area contributed by atoms with Crippen LogP contribution in [0.4, 0.5) is 5.69 Å². The van der Waals surface area contributed by atoms with E-state index in [1.54, 1.807) is 0 Å². The molecule has 0 radical (unpaired) electrons. The Balaban J connectivity index is 0.00000121. The average molecular weight is 232 g/mol. The summed E-state index contributed by atoms with van der Waals surface area (Å²) >= 11 is 0. The first kappa shape index (κ1) is 11.4. The summed E-state index contributed by atoms with van der Waals surface area (Å²) in [7, 11) is 1.84. The van der Waals surface area contributed by atoms with E-state index in [0.29, 0.717) is 0 Å². The van der Waals surface area contributed by atoms with Crippen molar-refractivity contribution in [2.75, 3.05) is 12.8 Å². The first-order chi connectivity index (χ1) is 5.33. The van der Waals surface area contributed by atoms with Gasteiger partial charge >= 0.3 is 0 Å². The Morgan fingerprint density at radius 1 is 1.25 bits per heavy atom. The molecule has 1 rings (SSSR count). The number of rotatable bonds is 3. The summed E-state index contributed by atoms with van der Waals surface area (Å²) in [6.45, 7) is 0.816. The van der Waals surface area contributed by atoms with Crippen LogP contribution in [-0.4, -0.2) is 7.05 Å². The molecule has 0 amide bonds. The molecule has 1 aromatic carbocycles. The second kappa shape index (κ2) is 5.99. The van der Waals surface area contributed by atoms with Crippen LogP contribution in [0.3, 0.4) is 0 Å². The Morgan fingerprint density at radius 2 is 1.83 bits per heavy atom. The zero-order chi connectivity index (χ0) is 8.10. The number of hydrogen-bond acceptors (Lipinski definition) is 3. The minimum Gasteiger partial charge on any atom is -0.399 e. The predicted octanol–water partition coefficient (Wildman–Crippen LogP) is 1.07. The van der Waals surface area contributed by atoms with Crippen molar-refractivity contribution in [3.8, 4) is 0 Å². The van der Waals surface area contributed by atoms with E-state index in [4.69, 9.17) is 5.73 Å². The lowest BCUT2D eigenvalue weighted by Gasteiger charge is -2.02. The summed E-state index contributed by atoms with van der Waals surface area (Å²) in [4.78, 5) is 0. The summed E-state index contributed by atoms with van der Waals surface area (Å²) in [5, 5.41) is 0. The van der Waals surface area contributed by atoms with E-state index in [2.05, 4.69) is 10.9 Å². The normalized spacial score (nSPS) is 9.08. The van der Waals surface area contributed by atoms with Crippen molar-refractivity contribution in [1.29, 1.82) is 0 Å². The zero-order valence-corrected chi connectivity index (χ0v) is 8.72. The van der Waals surface area contributed by atoms with Crippen molar-refractivity contribution >= 4 is 22.7 Å². The van der Waals surface area contributed by atoms with E-state index < -0.39 is 0 Å². The third-order valence-electron chi connectivity index (χ3n) is 1.45. The molecule has 4 heteroatoms. The Bertz CT molecular complexity index is 210. The van der Waals surface area contributed by atoms with Crippen molar-refractivity contribution in [1.82, 2.24) is 10.9 Å². The fourth-order valence-corrected chi connectivity index (χ4v) is 0.826. The van der Waals surface area contributed by atoms with Gasteiger partial charge in [0.15, 0.2) is 0 Å². The topological polar surface area (TPSA) is 50.1 Å². The number of anilines is 1. The van der Waals surface area contributed by atoms with Gasteiger partial charge in [-0.15, -0.1) is 17.0 Å². The quantitative estimate of drug-likeness (QED) is 0.539. The van der Waals surface area contributed by atoms with Crippen molar-refractivity contribution in [2.24, 2.45) is 0 Å². The van der Waals surface area contributed by atoms with Crippen LogP contribution < -0.4 is 16.6 Å². The van der Waals surface area contributed by atoms with Gasteiger partial charge in [-0.1, -0.05) is 12.1 Å². The van der Waals surface area contributed by atoms with E-state index in [0.717, 1.165) is 12.2 Å². The predicted molar refractivity (Wildman–Crippen MR) is 57.1 cm³/mol. The second-order valence-corrected chi connectivity index (χ2v) is 2.35. The van der Waals surface area contributed by atoms with E-state index in [1.807, 2.05) is 31.3 Å².